The lowest BCUT2D eigenvalue weighted by molar-refractivity contribution is 0.213. The van der Waals surface area contributed by atoms with E-state index >= 15 is 0 Å². The Labute approximate surface area is 142 Å². The summed E-state index contributed by atoms with van der Waals surface area (Å²) in [5.74, 6) is 0.742. The molecule has 1 atom stereocenters. The highest BCUT2D eigenvalue weighted by Gasteiger charge is 2.11. The van der Waals surface area contributed by atoms with Crippen LogP contribution in [-0.2, 0) is 21.4 Å². The Balaban J connectivity index is 2.07. The van der Waals surface area contributed by atoms with Crippen molar-refractivity contribution in [3.8, 4) is 0 Å². The van der Waals surface area contributed by atoms with E-state index in [9.17, 15) is 4.21 Å². The normalized spacial score (nSPS) is 13.0. The molecule has 2 rings (SSSR count). The fourth-order valence-electron chi connectivity index (χ4n) is 1.88. The Morgan fingerprint density at radius 3 is 2.14 bits per heavy atom. The number of rotatable bonds is 6. The molecule has 2 aromatic carbocycles. The monoisotopic (exact) mass is 355 g/mol. The molecule has 22 heavy (non-hydrogen) atoms. The van der Waals surface area contributed by atoms with Crippen molar-refractivity contribution in [3.63, 3.8) is 0 Å². The van der Waals surface area contributed by atoms with Gasteiger partial charge in [-0.15, -0.1) is 0 Å². The fraction of sp³-hybridized carbons (Fsp3) is 0.188. The zero-order valence-electron chi connectivity index (χ0n) is 12.0. The molecule has 6 heteroatoms. The molecule has 0 aliphatic carbocycles. The summed E-state index contributed by atoms with van der Waals surface area (Å²) in [6.45, 7) is 0. The smallest absolute Gasteiger partial charge is 0.106 e. The van der Waals surface area contributed by atoms with Crippen molar-refractivity contribution in [2.45, 2.75) is 5.75 Å². The number of hydrogen-bond acceptors (Lipinski definition) is 3. The van der Waals surface area contributed by atoms with Crippen LogP contribution in [0.3, 0.4) is 0 Å². The van der Waals surface area contributed by atoms with Gasteiger partial charge < -0.3 is 4.84 Å². The molecule has 0 heterocycles. The number of benzene rings is 2. The van der Waals surface area contributed by atoms with E-state index in [4.69, 9.17) is 28.0 Å². The van der Waals surface area contributed by atoms with Gasteiger partial charge in [-0.3, -0.25) is 4.21 Å². The van der Waals surface area contributed by atoms with Crippen LogP contribution >= 0.6 is 23.2 Å². The third kappa shape index (κ3) is 5.13. The predicted molar refractivity (Wildman–Crippen MR) is 93.2 cm³/mol. The minimum absolute atomic E-state index is 0.304. The molecular formula is C16H15Cl2NO2S. The Morgan fingerprint density at radius 1 is 1.05 bits per heavy atom. The number of nitrogens with zero attached hydrogens (tertiary/aromatic N) is 1. The Hall–Kier alpha value is -1.36. The molecule has 0 saturated heterocycles. The number of oxime groups is 1. The van der Waals surface area contributed by atoms with Gasteiger partial charge >= 0.3 is 0 Å². The Kier molecular flexibility index (Phi) is 6.43. The summed E-state index contributed by atoms with van der Waals surface area (Å²) in [7, 11) is 0.368. The second-order valence-electron chi connectivity index (χ2n) is 4.58. The van der Waals surface area contributed by atoms with Crippen molar-refractivity contribution in [2.24, 2.45) is 5.16 Å². The van der Waals surface area contributed by atoms with Crippen molar-refractivity contribution >= 4 is 39.7 Å². The molecule has 3 nitrogen and oxygen atoms in total. The molecule has 0 N–H and O–H groups in total. The molecule has 0 amide bonds. The van der Waals surface area contributed by atoms with Gasteiger partial charge in [0.25, 0.3) is 0 Å². The lowest BCUT2D eigenvalue weighted by Gasteiger charge is -2.07. The highest BCUT2D eigenvalue weighted by molar-refractivity contribution is 7.85. The maximum atomic E-state index is 12.3. The summed E-state index contributed by atoms with van der Waals surface area (Å²) < 4.78 is 12.3. The van der Waals surface area contributed by atoms with Crippen molar-refractivity contribution in [2.75, 3.05) is 12.9 Å². The minimum atomic E-state index is -1.10. The minimum Gasteiger partial charge on any atom is -0.399 e. The van der Waals surface area contributed by atoms with Crippen LogP contribution in [0.15, 0.2) is 53.7 Å². The van der Waals surface area contributed by atoms with Crippen molar-refractivity contribution < 1.29 is 9.05 Å². The lowest BCUT2D eigenvalue weighted by Crippen LogP contribution is -2.14. The van der Waals surface area contributed by atoms with E-state index in [1.807, 2.05) is 24.3 Å². The quantitative estimate of drug-likeness (QED) is 0.572. The van der Waals surface area contributed by atoms with Gasteiger partial charge in [-0.2, -0.15) is 0 Å². The third-order valence-electron chi connectivity index (χ3n) is 2.92. The molecule has 0 aliphatic rings. The molecule has 0 saturated carbocycles. The Bertz CT molecular complexity index is 670. The van der Waals surface area contributed by atoms with E-state index in [2.05, 4.69) is 5.16 Å². The maximum absolute atomic E-state index is 12.3. The van der Waals surface area contributed by atoms with Gasteiger partial charge in [0.1, 0.15) is 7.11 Å². The van der Waals surface area contributed by atoms with Crippen LogP contribution < -0.4 is 0 Å². The van der Waals surface area contributed by atoms with Gasteiger partial charge in [-0.05, 0) is 29.8 Å². The van der Waals surface area contributed by atoms with Crippen LogP contribution in [0.25, 0.3) is 0 Å². The van der Waals surface area contributed by atoms with Crippen molar-refractivity contribution in [1.82, 2.24) is 0 Å². The zero-order chi connectivity index (χ0) is 15.9. The highest BCUT2D eigenvalue weighted by atomic mass is 35.5. The molecule has 0 radical (unpaired) electrons. The van der Waals surface area contributed by atoms with Crippen LogP contribution in [-0.4, -0.2) is 22.8 Å². The van der Waals surface area contributed by atoms with E-state index in [0.717, 1.165) is 11.1 Å². The molecule has 116 valence electrons. The molecule has 2 aromatic rings. The first-order valence-electron chi connectivity index (χ1n) is 6.54. The standard InChI is InChI=1S/C16H15Cl2NO2S/c1-21-19-16(13-4-8-15(18)9-5-13)11-22(20)10-12-2-6-14(17)7-3-12/h2-9H,10-11H2,1H3/b19-16+. The van der Waals surface area contributed by atoms with Gasteiger partial charge in [-0.25, -0.2) is 0 Å². The zero-order valence-corrected chi connectivity index (χ0v) is 14.3. The van der Waals surface area contributed by atoms with E-state index in [-0.39, 0.29) is 0 Å². The topological polar surface area (TPSA) is 38.7 Å². The first-order valence-corrected chi connectivity index (χ1v) is 8.78. The first-order chi connectivity index (χ1) is 10.6. The van der Waals surface area contributed by atoms with Gasteiger partial charge in [0.05, 0.1) is 11.5 Å². The maximum Gasteiger partial charge on any atom is 0.106 e. The summed E-state index contributed by atoms with van der Waals surface area (Å²) in [6.07, 6.45) is 0. The molecule has 1 unspecified atom stereocenters. The fourth-order valence-corrected chi connectivity index (χ4v) is 3.33. The molecule has 0 spiro atoms. The summed E-state index contributed by atoms with van der Waals surface area (Å²) in [5.41, 5.74) is 2.44. The second-order valence-corrected chi connectivity index (χ2v) is 6.91. The Morgan fingerprint density at radius 2 is 1.59 bits per heavy atom. The van der Waals surface area contributed by atoms with Crippen LogP contribution in [0.2, 0.25) is 10.0 Å². The first kappa shape index (κ1) is 17.0. The average Bonchev–Trinajstić information content (AvgIpc) is 2.50. The van der Waals surface area contributed by atoms with Gasteiger partial charge in [-0.1, -0.05) is 52.6 Å². The number of halogens is 2. The van der Waals surface area contributed by atoms with E-state index < -0.39 is 10.8 Å². The molecule has 0 aliphatic heterocycles. The summed E-state index contributed by atoms with van der Waals surface area (Å²) in [4.78, 5) is 4.86. The van der Waals surface area contributed by atoms with Crippen LogP contribution in [0.4, 0.5) is 0 Å². The van der Waals surface area contributed by atoms with Crippen molar-refractivity contribution in [1.29, 1.82) is 0 Å². The molecule has 0 bridgehead atoms. The molecule has 0 aromatic heterocycles. The lowest BCUT2D eigenvalue weighted by atomic mass is 10.1. The third-order valence-corrected chi connectivity index (χ3v) is 4.67. The average molecular weight is 356 g/mol. The van der Waals surface area contributed by atoms with E-state index in [1.54, 1.807) is 24.3 Å². The summed E-state index contributed by atoms with van der Waals surface area (Å²) >= 11 is 11.7. The van der Waals surface area contributed by atoms with Crippen LogP contribution in [0, 0.1) is 0 Å². The summed E-state index contributed by atoms with van der Waals surface area (Å²) in [6, 6.07) is 14.5. The van der Waals surface area contributed by atoms with Gasteiger partial charge in [0, 0.05) is 32.2 Å². The second kappa shape index (κ2) is 8.32. The molecular weight excluding hydrogens is 341 g/mol. The predicted octanol–water partition coefficient (Wildman–Crippen LogP) is 4.29. The largest absolute Gasteiger partial charge is 0.399 e. The van der Waals surface area contributed by atoms with Gasteiger partial charge in [0.2, 0.25) is 0 Å². The van der Waals surface area contributed by atoms with Gasteiger partial charge in [0.15, 0.2) is 0 Å². The highest BCUT2D eigenvalue weighted by Crippen LogP contribution is 2.14. The number of hydrogen-bond donors (Lipinski definition) is 0. The van der Waals surface area contributed by atoms with E-state index in [0.29, 0.717) is 27.3 Å². The van der Waals surface area contributed by atoms with Crippen LogP contribution in [0.1, 0.15) is 11.1 Å². The van der Waals surface area contributed by atoms with E-state index in [1.165, 1.54) is 7.11 Å². The van der Waals surface area contributed by atoms with Crippen LogP contribution in [0.5, 0.6) is 0 Å². The van der Waals surface area contributed by atoms with Crippen molar-refractivity contribution in [3.05, 3.63) is 69.7 Å². The molecule has 0 fully saturated rings. The summed E-state index contributed by atoms with van der Waals surface area (Å²) in [5, 5.41) is 5.28. The SMILES string of the molecule is CO/N=C(\CS(=O)Cc1ccc(Cl)cc1)c1ccc(Cl)cc1.